The predicted molar refractivity (Wildman–Crippen MR) is 120 cm³/mol. The van der Waals surface area contributed by atoms with Gasteiger partial charge in [0.05, 0.1) is 12.7 Å². The molecular formula is C24H28NO2P. The van der Waals surface area contributed by atoms with E-state index < -0.39 is 6.10 Å². The molecule has 0 saturated heterocycles. The smallest absolute Gasteiger partial charge is 0.119 e. The summed E-state index contributed by atoms with van der Waals surface area (Å²) in [6.45, 7) is 4.69. The molecule has 1 unspecified atom stereocenters. The van der Waals surface area contributed by atoms with Crippen LogP contribution in [0.1, 0.15) is 25.5 Å². The van der Waals surface area contributed by atoms with Crippen molar-refractivity contribution in [1.29, 1.82) is 0 Å². The molecule has 4 heteroatoms. The van der Waals surface area contributed by atoms with E-state index in [0.29, 0.717) is 15.2 Å². The first kappa shape index (κ1) is 20.5. The predicted octanol–water partition coefficient (Wildman–Crippen LogP) is 4.73. The maximum Gasteiger partial charge on any atom is 0.119 e. The molecule has 3 aromatic rings. The Kier molecular flexibility index (Phi) is 7.62. The SMILES string of the molecule is CCOc1cccc(-c2ccccc2PCN[C@@H](C)[C@H](O)c2ccccc2)c1. The minimum Gasteiger partial charge on any atom is -0.494 e. The highest BCUT2D eigenvalue weighted by atomic mass is 31.1. The molecule has 0 aromatic heterocycles. The largest absolute Gasteiger partial charge is 0.494 e. The van der Waals surface area contributed by atoms with Gasteiger partial charge in [0.15, 0.2) is 0 Å². The highest BCUT2D eigenvalue weighted by molar-refractivity contribution is 7.47. The summed E-state index contributed by atoms with van der Waals surface area (Å²) in [6, 6.07) is 26.6. The van der Waals surface area contributed by atoms with E-state index in [2.05, 4.69) is 41.7 Å². The van der Waals surface area contributed by atoms with Crippen molar-refractivity contribution in [3.63, 3.8) is 0 Å². The Morgan fingerprint density at radius 2 is 1.71 bits per heavy atom. The maximum absolute atomic E-state index is 10.5. The first-order valence-electron chi connectivity index (χ1n) is 9.71. The zero-order valence-electron chi connectivity index (χ0n) is 16.4. The van der Waals surface area contributed by atoms with Crippen molar-refractivity contribution in [1.82, 2.24) is 5.32 Å². The molecule has 0 saturated carbocycles. The minimum atomic E-state index is -0.510. The summed E-state index contributed by atoms with van der Waals surface area (Å²) in [7, 11) is 0.607. The standard InChI is InChI=1S/C24H28NO2P/c1-3-27-21-13-9-12-20(16-21)22-14-7-8-15-23(22)28-17-25-18(2)24(26)19-10-5-4-6-11-19/h4-16,18,24-26,28H,3,17H2,1-2H3/t18-,24-/m0/s1. The summed E-state index contributed by atoms with van der Waals surface area (Å²) in [5.41, 5.74) is 3.35. The lowest BCUT2D eigenvalue weighted by atomic mass is 10.0. The van der Waals surface area contributed by atoms with Gasteiger partial charge in [0.25, 0.3) is 0 Å². The number of aliphatic hydroxyl groups is 1. The third-order valence-corrected chi connectivity index (χ3v) is 5.90. The van der Waals surface area contributed by atoms with Crippen molar-refractivity contribution >= 4 is 13.9 Å². The molecule has 28 heavy (non-hydrogen) atoms. The molecule has 0 radical (unpaired) electrons. The van der Waals surface area contributed by atoms with Crippen LogP contribution >= 0.6 is 8.58 Å². The van der Waals surface area contributed by atoms with E-state index in [1.54, 1.807) is 0 Å². The van der Waals surface area contributed by atoms with Crippen LogP contribution in [-0.4, -0.2) is 24.0 Å². The van der Waals surface area contributed by atoms with E-state index in [0.717, 1.165) is 17.6 Å². The second-order valence-electron chi connectivity index (χ2n) is 6.71. The van der Waals surface area contributed by atoms with Crippen LogP contribution in [0.2, 0.25) is 0 Å². The first-order valence-corrected chi connectivity index (χ1v) is 10.9. The Balaban J connectivity index is 1.65. The number of hydrogen-bond acceptors (Lipinski definition) is 3. The maximum atomic E-state index is 10.5. The fourth-order valence-corrected chi connectivity index (χ4v) is 4.41. The second kappa shape index (κ2) is 10.4. The van der Waals surface area contributed by atoms with Crippen LogP contribution < -0.4 is 15.4 Å². The number of aliphatic hydroxyl groups excluding tert-OH is 1. The van der Waals surface area contributed by atoms with Crippen LogP contribution in [-0.2, 0) is 0 Å². The molecule has 0 amide bonds. The van der Waals surface area contributed by atoms with Gasteiger partial charge in [0.2, 0.25) is 0 Å². The van der Waals surface area contributed by atoms with E-state index in [9.17, 15) is 5.11 Å². The molecule has 0 aliphatic carbocycles. The molecule has 146 valence electrons. The van der Waals surface area contributed by atoms with E-state index in [1.165, 1.54) is 16.4 Å². The highest BCUT2D eigenvalue weighted by Crippen LogP contribution is 2.26. The quantitative estimate of drug-likeness (QED) is 0.517. The van der Waals surface area contributed by atoms with Gasteiger partial charge in [-0.25, -0.2) is 0 Å². The second-order valence-corrected chi connectivity index (χ2v) is 7.95. The van der Waals surface area contributed by atoms with E-state index in [-0.39, 0.29) is 6.04 Å². The van der Waals surface area contributed by atoms with Crippen molar-refractivity contribution in [2.45, 2.75) is 26.0 Å². The molecule has 0 fully saturated rings. The Morgan fingerprint density at radius 3 is 2.50 bits per heavy atom. The first-order chi connectivity index (χ1) is 13.7. The average Bonchev–Trinajstić information content (AvgIpc) is 2.74. The van der Waals surface area contributed by atoms with Gasteiger partial charge < -0.3 is 15.2 Å². The topological polar surface area (TPSA) is 41.5 Å². The summed E-state index contributed by atoms with van der Waals surface area (Å²) in [5.74, 6) is 0.899. The molecule has 0 aliphatic rings. The van der Waals surface area contributed by atoms with Gasteiger partial charge in [-0.2, -0.15) is 0 Å². The number of hydrogen-bond donors (Lipinski definition) is 2. The lowest BCUT2D eigenvalue weighted by molar-refractivity contribution is 0.139. The fraction of sp³-hybridized carbons (Fsp3) is 0.250. The molecule has 0 spiro atoms. The number of ether oxygens (including phenoxy) is 1. The van der Waals surface area contributed by atoms with Gasteiger partial charge >= 0.3 is 0 Å². The number of nitrogens with one attached hydrogen (secondary N) is 1. The van der Waals surface area contributed by atoms with Gasteiger partial charge in [-0.15, -0.1) is 0 Å². The van der Waals surface area contributed by atoms with E-state index in [1.807, 2.05) is 56.3 Å². The van der Waals surface area contributed by atoms with Gasteiger partial charge in [-0.3, -0.25) is 0 Å². The normalized spacial score (nSPS) is 13.5. The lowest BCUT2D eigenvalue weighted by Crippen LogP contribution is -2.32. The Bertz CT molecular complexity index is 869. The summed E-state index contributed by atoms with van der Waals surface area (Å²) in [6.07, 6.45) is 0.317. The molecule has 0 aliphatic heterocycles. The molecule has 3 nitrogen and oxygen atoms in total. The highest BCUT2D eigenvalue weighted by Gasteiger charge is 2.15. The van der Waals surface area contributed by atoms with Crippen LogP contribution in [0.4, 0.5) is 0 Å². The molecule has 0 heterocycles. The lowest BCUT2D eigenvalue weighted by Gasteiger charge is -2.21. The van der Waals surface area contributed by atoms with Gasteiger partial charge in [0.1, 0.15) is 5.75 Å². The zero-order valence-corrected chi connectivity index (χ0v) is 17.4. The van der Waals surface area contributed by atoms with Crippen molar-refractivity contribution < 1.29 is 9.84 Å². The Hall–Kier alpha value is -2.19. The van der Waals surface area contributed by atoms with E-state index >= 15 is 0 Å². The van der Waals surface area contributed by atoms with Gasteiger partial charge in [-0.1, -0.05) is 75.3 Å². The Morgan fingerprint density at radius 1 is 0.964 bits per heavy atom. The van der Waals surface area contributed by atoms with Crippen molar-refractivity contribution in [3.8, 4) is 16.9 Å². The van der Waals surface area contributed by atoms with Crippen LogP contribution in [0, 0.1) is 0 Å². The van der Waals surface area contributed by atoms with Crippen LogP contribution in [0.25, 0.3) is 11.1 Å². The van der Waals surface area contributed by atoms with Crippen LogP contribution in [0.3, 0.4) is 0 Å². The number of rotatable bonds is 9. The molecule has 3 atom stereocenters. The molecule has 0 bridgehead atoms. The third kappa shape index (κ3) is 5.42. The summed E-state index contributed by atoms with van der Waals surface area (Å²) in [4.78, 5) is 0. The number of benzene rings is 3. The Labute approximate surface area is 169 Å². The molecular weight excluding hydrogens is 365 g/mol. The average molecular weight is 393 g/mol. The minimum absolute atomic E-state index is 0.0108. The van der Waals surface area contributed by atoms with Crippen molar-refractivity contribution in [2.75, 3.05) is 12.9 Å². The van der Waals surface area contributed by atoms with Gasteiger partial charge in [-0.05, 0) is 48.0 Å². The third-order valence-electron chi connectivity index (χ3n) is 4.70. The summed E-state index contributed by atoms with van der Waals surface area (Å²) in [5, 5.41) is 15.3. The summed E-state index contributed by atoms with van der Waals surface area (Å²) >= 11 is 0. The van der Waals surface area contributed by atoms with Crippen molar-refractivity contribution in [2.24, 2.45) is 0 Å². The summed E-state index contributed by atoms with van der Waals surface area (Å²) < 4.78 is 5.65. The molecule has 3 rings (SSSR count). The van der Waals surface area contributed by atoms with Crippen molar-refractivity contribution in [3.05, 3.63) is 84.4 Å². The molecule has 3 aromatic carbocycles. The fourth-order valence-electron chi connectivity index (χ4n) is 3.17. The van der Waals surface area contributed by atoms with Gasteiger partial charge in [0, 0.05) is 12.3 Å². The molecule has 2 N–H and O–H groups in total. The van der Waals surface area contributed by atoms with Crippen LogP contribution in [0.15, 0.2) is 78.9 Å². The zero-order chi connectivity index (χ0) is 19.8. The monoisotopic (exact) mass is 393 g/mol. The van der Waals surface area contributed by atoms with Crippen LogP contribution in [0.5, 0.6) is 5.75 Å². The van der Waals surface area contributed by atoms with E-state index in [4.69, 9.17) is 4.74 Å².